The second-order valence-electron chi connectivity index (χ2n) is 22.6. The highest BCUT2D eigenvalue weighted by atomic mass is 32.2. The van der Waals surface area contributed by atoms with Gasteiger partial charge in [-0.2, -0.15) is 0 Å². The molecule has 15 aromatic rings. The molecule has 3 aromatic heterocycles. The van der Waals surface area contributed by atoms with E-state index in [9.17, 15) is 0 Å². The van der Waals surface area contributed by atoms with Crippen molar-refractivity contribution in [2.24, 2.45) is 0 Å². The van der Waals surface area contributed by atoms with E-state index in [2.05, 4.69) is 236 Å². The average Bonchev–Trinajstić information content (AvgIpc) is 0.805. The highest BCUT2D eigenvalue weighted by molar-refractivity contribution is 8.03. The lowest BCUT2D eigenvalue weighted by atomic mass is 10.1. The predicted octanol–water partition coefficient (Wildman–Crippen LogP) is 23.1. The van der Waals surface area contributed by atoms with Crippen LogP contribution in [0.2, 0.25) is 0 Å². The summed E-state index contributed by atoms with van der Waals surface area (Å²) in [6.07, 6.45) is 0. The third-order valence-corrected chi connectivity index (χ3v) is 22.5. The number of ether oxygens (including phenoxy) is 2. The minimum absolute atomic E-state index is 0.816. The molecule has 0 saturated heterocycles. The van der Waals surface area contributed by atoms with Crippen molar-refractivity contribution >= 4 is 136 Å². The first-order valence-electron chi connectivity index (χ1n) is 30.6. The minimum Gasteiger partial charge on any atom is -0.497 e. The standard InChI is InChI=1S/C28H24N2S2.C26H20N2O2S2.C26H20N2S2/c1-17-9-11-25(19(3)13-17)31-27-28(32-26-12-10-18(2)14-20(26)4)30-24-16-22-8-6-5-7-21(22)15-23(24)29-27;1-29-19-9-5-11-21(15-19)31-25-26(32-22-12-6-10-20(16-22)30-2)28-24-14-18-8-4-3-7-17(18)13-23(24)27-25;1-17-9-3-7-13-23(17)29-25-26(30-24-14-8-4-10-18(24)2)28-22-16-20-12-6-5-11-19(20)15-21(22)27-25/h5-16H,1-4H3;3-16H,1-2H3;3-16H,1-2H3. The molecule has 94 heavy (non-hydrogen) atoms. The zero-order chi connectivity index (χ0) is 64.7. The van der Waals surface area contributed by atoms with E-state index in [-0.39, 0.29) is 0 Å². The summed E-state index contributed by atoms with van der Waals surface area (Å²) in [6.45, 7) is 12.9. The summed E-state index contributed by atoms with van der Waals surface area (Å²) in [6, 6.07) is 83.8. The molecule has 8 nitrogen and oxygen atoms in total. The summed E-state index contributed by atoms with van der Waals surface area (Å²) in [5.41, 5.74) is 13.0. The van der Waals surface area contributed by atoms with Crippen LogP contribution in [0.5, 0.6) is 11.5 Å². The Morgan fingerprint density at radius 3 is 0.777 bits per heavy atom. The smallest absolute Gasteiger partial charge is 0.134 e. The van der Waals surface area contributed by atoms with E-state index in [1.165, 1.54) is 74.5 Å². The van der Waals surface area contributed by atoms with Crippen LogP contribution in [0.1, 0.15) is 33.4 Å². The van der Waals surface area contributed by atoms with Gasteiger partial charge in [0, 0.05) is 29.4 Å². The van der Waals surface area contributed by atoms with Crippen LogP contribution in [0.3, 0.4) is 0 Å². The van der Waals surface area contributed by atoms with Crippen LogP contribution < -0.4 is 9.47 Å². The van der Waals surface area contributed by atoms with E-state index in [0.717, 1.165) is 95.3 Å². The minimum atomic E-state index is 0.816. The Morgan fingerprint density at radius 1 is 0.234 bits per heavy atom. The number of nitrogens with zero attached hydrogens (tertiary/aromatic N) is 6. The molecule has 0 radical (unpaired) electrons. The highest BCUT2D eigenvalue weighted by Gasteiger charge is 2.19. The van der Waals surface area contributed by atoms with Gasteiger partial charge < -0.3 is 9.47 Å². The molecule has 0 atom stereocenters. The number of hydrogen-bond donors (Lipinski definition) is 0. The predicted molar refractivity (Wildman–Crippen MR) is 396 cm³/mol. The third kappa shape index (κ3) is 15.2. The Morgan fingerprint density at radius 2 is 0.500 bits per heavy atom. The summed E-state index contributed by atoms with van der Waals surface area (Å²) in [5.74, 6) is 1.63. The largest absolute Gasteiger partial charge is 0.497 e. The maximum atomic E-state index is 5.39. The van der Waals surface area contributed by atoms with Crippen molar-refractivity contribution in [1.29, 1.82) is 0 Å². The molecule has 0 aliphatic heterocycles. The number of aryl methyl sites for hydroxylation is 6. The molecule has 0 fully saturated rings. The van der Waals surface area contributed by atoms with Crippen molar-refractivity contribution in [3.63, 3.8) is 0 Å². The first kappa shape index (κ1) is 63.9. The number of methoxy groups -OCH3 is 2. The van der Waals surface area contributed by atoms with Crippen LogP contribution in [-0.4, -0.2) is 44.1 Å². The molecule has 0 spiro atoms. The van der Waals surface area contributed by atoms with Crippen LogP contribution >= 0.6 is 70.6 Å². The fourth-order valence-electron chi connectivity index (χ4n) is 10.7. The number of rotatable bonds is 14. The van der Waals surface area contributed by atoms with E-state index in [1.54, 1.807) is 84.8 Å². The second-order valence-corrected chi connectivity index (χ2v) is 28.9. The van der Waals surface area contributed by atoms with Gasteiger partial charge in [-0.05, 0) is 193 Å². The summed E-state index contributed by atoms with van der Waals surface area (Å²) >= 11 is 9.97. The van der Waals surface area contributed by atoms with Gasteiger partial charge in [-0.1, -0.05) is 227 Å². The molecule has 0 unspecified atom stereocenters. The van der Waals surface area contributed by atoms with Crippen molar-refractivity contribution in [2.45, 2.75) is 101 Å². The van der Waals surface area contributed by atoms with Crippen LogP contribution in [0.25, 0.3) is 65.4 Å². The highest BCUT2D eigenvalue weighted by Crippen LogP contribution is 2.44. The monoisotopic (exact) mass is 1330 g/mol. The van der Waals surface area contributed by atoms with Gasteiger partial charge >= 0.3 is 0 Å². The Balaban J connectivity index is 0.000000128. The Kier molecular flexibility index (Phi) is 19.8. The Labute approximate surface area is 573 Å². The maximum Gasteiger partial charge on any atom is 0.134 e. The van der Waals surface area contributed by atoms with Gasteiger partial charge in [0.05, 0.1) is 47.3 Å². The maximum absolute atomic E-state index is 5.39. The number of benzene rings is 12. The first-order chi connectivity index (χ1) is 45.8. The SMILES string of the molecule is COc1cccc(Sc2nc3cc4ccccc4cc3nc2Sc2cccc(OC)c2)c1.Cc1ccc(Sc2nc3cc4ccccc4cc3nc2Sc2ccc(C)cc2C)c(C)c1.Cc1ccccc1Sc1nc2cc3ccccc3cc2nc1Sc1ccccc1C. The van der Waals surface area contributed by atoms with Gasteiger partial charge in [0.2, 0.25) is 0 Å². The van der Waals surface area contributed by atoms with E-state index >= 15 is 0 Å². The van der Waals surface area contributed by atoms with Gasteiger partial charge in [0.25, 0.3) is 0 Å². The first-order valence-corrected chi connectivity index (χ1v) is 35.5. The average molecular weight is 1330 g/mol. The molecule has 0 aliphatic carbocycles. The number of hydrogen-bond acceptors (Lipinski definition) is 14. The third-order valence-electron chi connectivity index (χ3n) is 15.6. The Bertz CT molecular complexity index is 5000. The van der Waals surface area contributed by atoms with Gasteiger partial charge in [-0.15, -0.1) is 0 Å². The summed E-state index contributed by atoms with van der Waals surface area (Å²) in [5, 5.41) is 12.5. The fraction of sp³-hybridized carbons (Fsp3) is 0.100. The quantitative estimate of drug-likeness (QED) is 0.0967. The van der Waals surface area contributed by atoms with E-state index in [1.807, 2.05) is 48.5 Å². The van der Waals surface area contributed by atoms with Gasteiger partial charge in [0.15, 0.2) is 0 Å². The van der Waals surface area contributed by atoms with Crippen LogP contribution in [0.15, 0.2) is 302 Å². The molecule has 0 amide bonds. The van der Waals surface area contributed by atoms with Crippen molar-refractivity contribution in [2.75, 3.05) is 14.2 Å². The van der Waals surface area contributed by atoms with Crippen molar-refractivity contribution < 1.29 is 9.47 Å². The molecule has 0 N–H and O–H groups in total. The number of aromatic nitrogens is 6. The van der Waals surface area contributed by atoms with Crippen molar-refractivity contribution in [3.8, 4) is 11.5 Å². The zero-order valence-corrected chi connectivity index (χ0v) is 57.9. The fourth-order valence-corrected chi connectivity index (χ4v) is 16.5. The molecule has 0 aliphatic rings. The molecular formula is C80H64N6O2S6. The van der Waals surface area contributed by atoms with Crippen molar-refractivity contribution in [1.82, 2.24) is 29.9 Å². The van der Waals surface area contributed by atoms with Gasteiger partial charge in [-0.25, -0.2) is 29.9 Å². The molecule has 0 saturated carbocycles. The summed E-state index contributed by atoms with van der Waals surface area (Å²) in [7, 11) is 3.35. The van der Waals surface area contributed by atoms with E-state index < -0.39 is 0 Å². The second kappa shape index (κ2) is 29.2. The normalized spacial score (nSPS) is 11.2. The van der Waals surface area contributed by atoms with E-state index in [0.29, 0.717) is 0 Å². The summed E-state index contributed by atoms with van der Waals surface area (Å²) < 4.78 is 10.8. The van der Waals surface area contributed by atoms with Crippen LogP contribution in [0, 0.1) is 41.5 Å². The lowest BCUT2D eigenvalue weighted by Crippen LogP contribution is -1.94. The molecule has 0 bridgehead atoms. The van der Waals surface area contributed by atoms with Crippen LogP contribution in [0.4, 0.5) is 0 Å². The topological polar surface area (TPSA) is 95.8 Å². The molecule has 15 rings (SSSR count). The van der Waals surface area contributed by atoms with Crippen LogP contribution in [-0.2, 0) is 0 Å². The molecule has 3 heterocycles. The molecule has 462 valence electrons. The van der Waals surface area contributed by atoms with Gasteiger partial charge in [0.1, 0.15) is 41.7 Å². The Hall–Kier alpha value is -8.86. The van der Waals surface area contributed by atoms with Crippen molar-refractivity contribution in [3.05, 3.63) is 276 Å². The lowest BCUT2D eigenvalue weighted by molar-refractivity contribution is 0.413. The molecule has 12 aromatic carbocycles. The lowest BCUT2D eigenvalue weighted by Gasteiger charge is -2.13. The molecule has 14 heteroatoms. The van der Waals surface area contributed by atoms with E-state index in [4.69, 9.17) is 39.4 Å². The molecular weight excluding hydrogens is 1270 g/mol. The zero-order valence-electron chi connectivity index (χ0n) is 53.0. The number of fused-ring (bicyclic) bond motifs is 6. The van der Waals surface area contributed by atoms with Gasteiger partial charge in [-0.3, -0.25) is 0 Å². The summed E-state index contributed by atoms with van der Waals surface area (Å²) in [4.78, 5) is 37.3.